The van der Waals surface area contributed by atoms with Crippen molar-refractivity contribution in [1.82, 2.24) is 9.55 Å². The lowest BCUT2D eigenvalue weighted by atomic mass is 9.93. The number of para-hydroxylation sites is 2. The van der Waals surface area contributed by atoms with Gasteiger partial charge in [0.25, 0.3) is 0 Å². The zero-order valence-corrected chi connectivity index (χ0v) is 23.7. The van der Waals surface area contributed by atoms with E-state index < -0.39 is 0 Å². The highest BCUT2D eigenvalue weighted by Gasteiger charge is 2.19. The molecule has 200 valence electrons. The SMILES string of the molecule is c1ccc2c(c1)cc(-c1ccc3c(c1)c1ccccc1n3-c1nc3ccc4oc5ccccc5c4c3s1)c1ccccc12. The Balaban J connectivity index is 1.25. The van der Waals surface area contributed by atoms with Crippen LogP contribution in [0.25, 0.3) is 91.8 Å². The molecule has 0 aliphatic heterocycles. The first kappa shape index (κ1) is 23.1. The normalized spacial score (nSPS) is 12.2. The lowest BCUT2D eigenvalue weighted by Crippen LogP contribution is -1.92. The Hall–Kier alpha value is -5.45. The van der Waals surface area contributed by atoms with Crippen molar-refractivity contribution in [1.29, 1.82) is 0 Å². The first-order valence-electron chi connectivity index (χ1n) is 14.5. The molecular weight excluding hydrogens is 545 g/mol. The van der Waals surface area contributed by atoms with Gasteiger partial charge in [-0.3, -0.25) is 4.57 Å². The van der Waals surface area contributed by atoms with E-state index in [0.29, 0.717) is 0 Å². The second kappa shape index (κ2) is 8.54. The second-order valence-electron chi connectivity index (χ2n) is 11.2. The van der Waals surface area contributed by atoms with Crippen LogP contribution >= 0.6 is 11.3 Å². The van der Waals surface area contributed by atoms with Crippen LogP contribution in [0.1, 0.15) is 0 Å². The third-order valence-electron chi connectivity index (χ3n) is 8.83. The molecule has 0 amide bonds. The highest BCUT2D eigenvalue weighted by atomic mass is 32.1. The van der Waals surface area contributed by atoms with Crippen molar-refractivity contribution in [2.75, 3.05) is 0 Å². The maximum atomic E-state index is 6.19. The largest absolute Gasteiger partial charge is 0.456 e. The lowest BCUT2D eigenvalue weighted by molar-refractivity contribution is 0.669. The molecule has 10 aromatic rings. The summed E-state index contributed by atoms with van der Waals surface area (Å²) in [5.74, 6) is 0. The lowest BCUT2D eigenvalue weighted by Gasteiger charge is -2.11. The third kappa shape index (κ3) is 3.21. The number of rotatable bonds is 2. The van der Waals surface area contributed by atoms with E-state index in [4.69, 9.17) is 9.40 Å². The van der Waals surface area contributed by atoms with Crippen LogP contribution in [0.4, 0.5) is 0 Å². The van der Waals surface area contributed by atoms with Crippen molar-refractivity contribution in [3.05, 3.63) is 133 Å². The molecule has 3 nitrogen and oxygen atoms in total. The smallest absolute Gasteiger partial charge is 0.195 e. The van der Waals surface area contributed by atoms with Crippen molar-refractivity contribution >= 4 is 86.8 Å². The van der Waals surface area contributed by atoms with E-state index in [2.05, 4.69) is 120 Å². The number of hydrogen-bond donors (Lipinski definition) is 0. The first-order chi connectivity index (χ1) is 21.3. The van der Waals surface area contributed by atoms with Crippen LogP contribution in [-0.2, 0) is 0 Å². The molecule has 0 radical (unpaired) electrons. The average molecular weight is 567 g/mol. The summed E-state index contributed by atoms with van der Waals surface area (Å²) < 4.78 is 9.67. The Morgan fingerprint density at radius 2 is 1.26 bits per heavy atom. The van der Waals surface area contributed by atoms with E-state index in [-0.39, 0.29) is 0 Å². The first-order valence-corrected chi connectivity index (χ1v) is 15.3. The molecule has 0 unspecified atom stereocenters. The van der Waals surface area contributed by atoms with E-state index in [9.17, 15) is 0 Å². The summed E-state index contributed by atoms with van der Waals surface area (Å²) in [6.07, 6.45) is 0. The summed E-state index contributed by atoms with van der Waals surface area (Å²) in [4.78, 5) is 5.19. The highest BCUT2D eigenvalue weighted by molar-refractivity contribution is 7.22. The summed E-state index contributed by atoms with van der Waals surface area (Å²) in [6, 6.07) is 47.7. The van der Waals surface area contributed by atoms with E-state index in [1.165, 1.54) is 43.4 Å². The van der Waals surface area contributed by atoms with Gasteiger partial charge in [-0.2, -0.15) is 0 Å². The molecule has 0 fully saturated rings. The fourth-order valence-corrected chi connectivity index (χ4v) is 8.06. The molecule has 3 heterocycles. The molecule has 0 atom stereocenters. The van der Waals surface area contributed by atoms with Crippen molar-refractivity contribution in [3.63, 3.8) is 0 Å². The number of benzene rings is 7. The fourth-order valence-electron chi connectivity index (χ4n) is 6.92. The Morgan fingerprint density at radius 1 is 0.535 bits per heavy atom. The van der Waals surface area contributed by atoms with Crippen LogP contribution in [0.2, 0.25) is 0 Å². The number of fused-ring (bicyclic) bond motifs is 11. The molecule has 3 aromatic heterocycles. The van der Waals surface area contributed by atoms with Crippen LogP contribution in [-0.4, -0.2) is 9.55 Å². The Bertz CT molecular complexity index is 2740. The Morgan fingerprint density at radius 3 is 2.16 bits per heavy atom. The average Bonchev–Trinajstić information content (AvgIpc) is 3.75. The Labute approximate surface area is 249 Å². The zero-order chi connectivity index (χ0) is 28.1. The molecule has 0 saturated heterocycles. The van der Waals surface area contributed by atoms with Gasteiger partial charge >= 0.3 is 0 Å². The van der Waals surface area contributed by atoms with Crippen molar-refractivity contribution in [3.8, 4) is 16.3 Å². The van der Waals surface area contributed by atoms with Crippen molar-refractivity contribution in [2.24, 2.45) is 0 Å². The molecule has 0 N–H and O–H groups in total. The predicted molar refractivity (Wildman–Crippen MR) is 182 cm³/mol. The van der Waals surface area contributed by atoms with E-state index in [1.54, 1.807) is 11.3 Å². The number of nitrogens with zero attached hydrogens (tertiary/aromatic N) is 2. The van der Waals surface area contributed by atoms with Gasteiger partial charge < -0.3 is 4.42 Å². The third-order valence-corrected chi connectivity index (χ3v) is 9.90. The van der Waals surface area contributed by atoms with Gasteiger partial charge in [0.1, 0.15) is 11.2 Å². The molecular formula is C39H22N2OS. The van der Waals surface area contributed by atoms with E-state index >= 15 is 0 Å². The van der Waals surface area contributed by atoms with Crippen LogP contribution in [0.3, 0.4) is 0 Å². The van der Waals surface area contributed by atoms with Crippen LogP contribution < -0.4 is 0 Å². The quantitative estimate of drug-likeness (QED) is 0.195. The summed E-state index contributed by atoms with van der Waals surface area (Å²) in [5, 5.41) is 10.8. The van der Waals surface area contributed by atoms with Gasteiger partial charge in [0.15, 0.2) is 5.13 Å². The van der Waals surface area contributed by atoms with Gasteiger partial charge in [-0.1, -0.05) is 102 Å². The van der Waals surface area contributed by atoms with Gasteiger partial charge in [0.2, 0.25) is 0 Å². The molecule has 0 saturated carbocycles. The van der Waals surface area contributed by atoms with E-state index in [1.807, 2.05) is 18.2 Å². The molecule has 4 heteroatoms. The minimum absolute atomic E-state index is 0.901. The summed E-state index contributed by atoms with van der Waals surface area (Å²) in [5.41, 5.74) is 7.58. The van der Waals surface area contributed by atoms with Crippen molar-refractivity contribution < 1.29 is 4.42 Å². The molecule has 7 aromatic carbocycles. The summed E-state index contributed by atoms with van der Waals surface area (Å²) in [7, 11) is 0. The maximum Gasteiger partial charge on any atom is 0.195 e. The number of furan rings is 1. The Kier molecular flexibility index (Phi) is 4.60. The summed E-state index contributed by atoms with van der Waals surface area (Å²) in [6.45, 7) is 0. The van der Waals surface area contributed by atoms with Gasteiger partial charge in [0, 0.05) is 21.5 Å². The number of aromatic nitrogens is 2. The minimum Gasteiger partial charge on any atom is -0.456 e. The maximum absolute atomic E-state index is 6.19. The van der Waals surface area contributed by atoms with Crippen LogP contribution in [0, 0.1) is 0 Å². The molecule has 0 spiro atoms. The number of thiazole rings is 1. The standard InChI is InChI=1S/C39H22N2OS/c1-2-10-25-23(9-1)21-30(27-12-4-3-11-26(25)27)24-17-19-34-31(22-24)28-13-5-7-15-33(28)41(34)39-40-32-18-20-36-37(38(32)43-39)29-14-6-8-16-35(29)42-36/h1-22H. The fraction of sp³-hybridized carbons (Fsp3) is 0. The molecule has 0 aliphatic carbocycles. The highest BCUT2D eigenvalue weighted by Crippen LogP contribution is 2.42. The summed E-state index contributed by atoms with van der Waals surface area (Å²) >= 11 is 1.73. The van der Waals surface area contributed by atoms with Gasteiger partial charge in [-0.15, -0.1) is 0 Å². The van der Waals surface area contributed by atoms with Crippen LogP contribution in [0.5, 0.6) is 0 Å². The monoisotopic (exact) mass is 566 g/mol. The van der Waals surface area contributed by atoms with Gasteiger partial charge in [-0.25, -0.2) is 4.98 Å². The molecule has 43 heavy (non-hydrogen) atoms. The zero-order valence-electron chi connectivity index (χ0n) is 22.9. The van der Waals surface area contributed by atoms with E-state index in [0.717, 1.165) is 48.3 Å². The number of hydrogen-bond acceptors (Lipinski definition) is 3. The molecule has 0 aliphatic rings. The second-order valence-corrected chi connectivity index (χ2v) is 12.1. The molecule has 10 rings (SSSR count). The van der Waals surface area contributed by atoms with Crippen LogP contribution in [0.15, 0.2) is 138 Å². The van der Waals surface area contributed by atoms with Crippen molar-refractivity contribution in [2.45, 2.75) is 0 Å². The minimum atomic E-state index is 0.901. The topological polar surface area (TPSA) is 31.0 Å². The molecule has 0 bridgehead atoms. The van der Waals surface area contributed by atoms with Gasteiger partial charge in [-0.05, 0) is 75.1 Å². The van der Waals surface area contributed by atoms with Gasteiger partial charge in [0.05, 0.1) is 21.3 Å². The predicted octanol–water partition coefficient (Wildman–Crippen LogP) is 11.3.